The first-order valence-corrected chi connectivity index (χ1v) is 7.81. The zero-order valence-electron chi connectivity index (χ0n) is 12.7. The van der Waals surface area contributed by atoms with Crippen LogP contribution in [0.1, 0.15) is 36.0 Å². The Morgan fingerprint density at radius 1 is 1.36 bits per heavy atom. The lowest BCUT2D eigenvalue weighted by Crippen LogP contribution is -2.34. The van der Waals surface area contributed by atoms with Crippen LogP contribution in [0, 0.1) is 6.92 Å². The number of aromatic nitrogens is 5. The molecule has 114 valence electrons. The highest BCUT2D eigenvalue weighted by atomic mass is 15.2. The van der Waals surface area contributed by atoms with Crippen molar-refractivity contribution in [2.75, 3.05) is 13.1 Å². The second kappa shape index (κ2) is 5.53. The van der Waals surface area contributed by atoms with Crippen LogP contribution >= 0.6 is 0 Å². The number of fused-ring (bicyclic) bond motifs is 1. The molecule has 0 radical (unpaired) electrons. The number of hydrogen-bond donors (Lipinski definition) is 1. The molecule has 1 N–H and O–H groups in total. The molecule has 4 heterocycles. The van der Waals surface area contributed by atoms with Crippen LogP contribution in [-0.2, 0) is 6.54 Å². The zero-order chi connectivity index (χ0) is 14.9. The molecule has 0 spiro atoms. The number of imidazole rings is 1. The fourth-order valence-electron chi connectivity index (χ4n) is 3.40. The summed E-state index contributed by atoms with van der Waals surface area (Å²) in [6.07, 6.45) is 6.07. The molecule has 0 bridgehead atoms. The van der Waals surface area contributed by atoms with E-state index in [1.54, 1.807) is 6.33 Å². The monoisotopic (exact) mass is 296 g/mol. The lowest BCUT2D eigenvalue weighted by Gasteiger charge is -2.31. The van der Waals surface area contributed by atoms with Gasteiger partial charge in [0.1, 0.15) is 17.8 Å². The summed E-state index contributed by atoms with van der Waals surface area (Å²) < 4.78 is 2.20. The van der Waals surface area contributed by atoms with Crippen LogP contribution in [0.3, 0.4) is 0 Å². The van der Waals surface area contributed by atoms with Gasteiger partial charge in [-0.1, -0.05) is 6.07 Å². The third-order valence-corrected chi connectivity index (χ3v) is 4.53. The van der Waals surface area contributed by atoms with Gasteiger partial charge in [0.15, 0.2) is 0 Å². The Morgan fingerprint density at radius 3 is 3.18 bits per heavy atom. The quantitative estimate of drug-likeness (QED) is 0.804. The first-order valence-electron chi connectivity index (χ1n) is 7.81. The molecule has 6 nitrogen and oxygen atoms in total. The van der Waals surface area contributed by atoms with Crippen LogP contribution in [0.15, 0.2) is 30.7 Å². The van der Waals surface area contributed by atoms with Gasteiger partial charge in [0.25, 0.3) is 0 Å². The number of nitrogens with zero attached hydrogens (tertiary/aromatic N) is 5. The molecule has 0 aromatic carbocycles. The summed E-state index contributed by atoms with van der Waals surface area (Å²) in [7, 11) is 0. The smallest absolute Gasteiger partial charge is 0.137 e. The third kappa shape index (κ3) is 2.39. The van der Waals surface area contributed by atoms with Gasteiger partial charge in [-0.05, 0) is 38.4 Å². The first-order chi connectivity index (χ1) is 10.8. The van der Waals surface area contributed by atoms with E-state index >= 15 is 0 Å². The molecule has 1 aliphatic heterocycles. The summed E-state index contributed by atoms with van der Waals surface area (Å²) in [5, 5.41) is 7.01. The van der Waals surface area contributed by atoms with Crippen molar-refractivity contribution in [2.45, 2.75) is 32.2 Å². The van der Waals surface area contributed by atoms with Gasteiger partial charge in [-0.15, -0.1) is 0 Å². The van der Waals surface area contributed by atoms with Crippen molar-refractivity contribution < 1.29 is 0 Å². The van der Waals surface area contributed by atoms with Gasteiger partial charge in [0.2, 0.25) is 0 Å². The van der Waals surface area contributed by atoms with Crippen molar-refractivity contribution in [3.05, 3.63) is 47.9 Å². The minimum Gasteiger partial charge on any atom is -0.302 e. The fourth-order valence-corrected chi connectivity index (χ4v) is 3.40. The van der Waals surface area contributed by atoms with E-state index in [4.69, 9.17) is 0 Å². The van der Waals surface area contributed by atoms with Gasteiger partial charge in [0, 0.05) is 25.2 Å². The molecular weight excluding hydrogens is 276 g/mol. The summed E-state index contributed by atoms with van der Waals surface area (Å²) in [5.74, 6) is 1.47. The minimum atomic E-state index is 0.454. The molecule has 1 aliphatic rings. The van der Waals surface area contributed by atoms with Crippen molar-refractivity contribution >= 4 is 5.65 Å². The molecule has 6 heteroatoms. The van der Waals surface area contributed by atoms with E-state index in [9.17, 15) is 0 Å². The van der Waals surface area contributed by atoms with Crippen molar-refractivity contribution in [3.8, 4) is 0 Å². The van der Waals surface area contributed by atoms with Crippen molar-refractivity contribution in [3.63, 3.8) is 0 Å². The zero-order valence-corrected chi connectivity index (χ0v) is 12.7. The van der Waals surface area contributed by atoms with E-state index in [1.165, 1.54) is 18.5 Å². The van der Waals surface area contributed by atoms with Crippen LogP contribution in [0.5, 0.6) is 0 Å². The van der Waals surface area contributed by atoms with E-state index in [1.807, 2.05) is 6.07 Å². The molecule has 22 heavy (non-hydrogen) atoms. The highest BCUT2D eigenvalue weighted by molar-refractivity contribution is 5.42. The first kappa shape index (κ1) is 13.5. The van der Waals surface area contributed by atoms with Gasteiger partial charge in [-0.3, -0.25) is 10.00 Å². The van der Waals surface area contributed by atoms with Gasteiger partial charge >= 0.3 is 0 Å². The Hall–Kier alpha value is -2.21. The van der Waals surface area contributed by atoms with Crippen molar-refractivity contribution in [2.24, 2.45) is 0 Å². The molecular formula is C16H20N6. The normalized spacial score (nSPS) is 19.8. The second-order valence-corrected chi connectivity index (χ2v) is 6.02. The van der Waals surface area contributed by atoms with E-state index in [0.29, 0.717) is 5.92 Å². The Balaban J connectivity index is 1.56. The molecule has 3 aromatic heterocycles. The summed E-state index contributed by atoms with van der Waals surface area (Å²) in [5.41, 5.74) is 3.43. The summed E-state index contributed by atoms with van der Waals surface area (Å²) in [4.78, 5) is 11.5. The number of nitrogens with one attached hydrogen (secondary N) is 1. The van der Waals surface area contributed by atoms with Crippen LogP contribution in [0.2, 0.25) is 0 Å². The molecule has 0 aliphatic carbocycles. The van der Waals surface area contributed by atoms with Gasteiger partial charge in [-0.25, -0.2) is 9.97 Å². The number of aryl methyl sites for hydroxylation is 1. The number of hydrogen-bond acceptors (Lipinski definition) is 4. The Kier molecular flexibility index (Phi) is 3.38. The summed E-state index contributed by atoms with van der Waals surface area (Å²) in [6.45, 7) is 5.18. The number of pyridine rings is 1. The van der Waals surface area contributed by atoms with Crippen LogP contribution in [0.25, 0.3) is 5.65 Å². The SMILES string of the molecule is Cc1nc2ccccn2c1CN1CCCC(c2ncn[nH]2)C1. The van der Waals surface area contributed by atoms with Crippen LogP contribution < -0.4 is 0 Å². The van der Waals surface area contributed by atoms with Crippen molar-refractivity contribution in [1.29, 1.82) is 0 Å². The van der Waals surface area contributed by atoms with Gasteiger partial charge < -0.3 is 4.40 Å². The predicted octanol–water partition coefficient (Wildman–Crippen LogP) is 2.14. The molecule has 1 saturated heterocycles. The maximum atomic E-state index is 4.66. The Bertz CT molecular complexity index is 760. The number of likely N-dealkylation sites (tertiary alicyclic amines) is 1. The van der Waals surface area contributed by atoms with Gasteiger partial charge in [0.05, 0.1) is 11.4 Å². The lowest BCUT2D eigenvalue weighted by molar-refractivity contribution is 0.194. The Morgan fingerprint density at radius 2 is 2.32 bits per heavy atom. The number of aromatic amines is 1. The highest BCUT2D eigenvalue weighted by Crippen LogP contribution is 2.25. The van der Waals surface area contributed by atoms with E-state index in [0.717, 1.165) is 36.8 Å². The van der Waals surface area contributed by atoms with Gasteiger partial charge in [-0.2, -0.15) is 5.10 Å². The molecule has 4 rings (SSSR count). The van der Waals surface area contributed by atoms with Crippen LogP contribution in [0.4, 0.5) is 0 Å². The largest absolute Gasteiger partial charge is 0.302 e. The lowest BCUT2D eigenvalue weighted by atomic mass is 9.97. The summed E-state index contributed by atoms with van der Waals surface area (Å²) in [6, 6.07) is 6.15. The average molecular weight is 296 g/mol. The van der Waals surface area contributed by atoms with Crippen LogP contribution in [-0.4, -0.2) is 42.6 Å². The van der Waals surface area contributed by atoms with E-state index in [2.05, 4.69) is 54.7 Å². The Labute approximate surface area is 129 Å². The topological polar surface area (TPSA) is 62.1 Å². The molecule has 1 unspecified atom stereocenters. The highest BCUT2D eigenvalue weighted by Gasteiger charge is 2.24. The molecule has 1 fully saturated rings. The maximum Gasteiger partial charge on any atom is 0.137 e. The summed E-state index contributed by atoms with van der Waals surface area (Å²) >= 11 is 0. The predicted molar refractivity (Wildman–Crippen MR) is 83.6 cm³/mol. The standard InChI is InChI=1S/C16H20N6/c1-12-14(22-8-3-2-6-15(22)19-12)10-21-7-4-5-13(9-21)16-17-11-18-20-16/h2-3,6,8,11,13H,4-5,7,9-10H2,1H3,(H,17,18,20). The third-order valence-electron chi connectivity index (χ3n) is 4.53. The minimum absolute atomic E-state index is 0.454. The van der Waals surface area contributed by atoms with Crippen molar-refractivity contribution in [1.82, 2.24) is 29.5 Å². The number of rotatable bonds is 3. The number of piperidine rings is 1. The molecule has 0 saturated carbocycles. The number of H-pyrrole nitrogens is 1. The van der Waals surface area contributed by atoms with E-state index < -0.39 is 0 Å². The van der Waals surface area contributed by atoms with E-state index in [-0.39, 0.29) is 0 Å². The molecule has 1 atom stereocenters. The molecule has 0 amide bonds. The fraction of sp³-hybridized carbons (Fsp3) is 0.438. The molecule has 3 aromatic rings. The average Bonchev–Trinajstić information content (AvgIpc) is 3.17. The maximum absolute atomic E-state index is 4.66. The second-order valence-electron chi connectivity index (χ2n) is 6.02.